The monoisotopic (exact) mass is 575 g/mol. The molecule has 0 fully saturated rings. The van der Waals surface area contributed by atoms with Crippen LogP contribution in [0.2, 0.25) is 0 Å². The van der Waals surface area contributed by atoms with E-state index in [1.54, 1.807) is 0 Å². The Bertz CT molecular complexity index is 2690. The Morgan fingerprint density at radius 2 is 0.864 bits per heavy atom. The van der Waals surface area contributed by atoms with Crippen LogP contribution in [0.3, 0.4) is 0 Å². The first-order chi connectivity index (χ1) is 21.8. The highest BCUT2D eigenvalue weighted by molar-refractivity contribution is 7.26. The number of para-hydroxylation sites is 2. The van der Waals surface area contributed by atoms with Crippen molar-refractivity contribution in [2.24, 2.45) is 0 Å². The van der Waals surface area contributed by atoms with Crippen LogP contribution in [0.25, 0.3) is 91.6 Å². The van der Waals surface area contributed by atoms with Gasteiger partial charge in [-0.25, -0.2) is 0 Å². The van der Waals surface area contributed by atoms with Gasteiger partial charge in [0.15, 0.2) is 0 Å². The first-order valence-electron chi connectivity index (χ1n) is 15.1. The minimum absolute atomic E-state index is 1.24. The average molecular weight is 576 g/mol. The van der Waals surface area contributed by atoms with Gasteiger partial charge in [0.25, 0.3) is 0 Å². The molecule has 44 heavy (non-hydrogen) atoms. The maximum Gasteiger partial charge on any atom is 0.0620 e. The predicted octanol–water partition coefficient (Wildman–Crippen LogP) is 12.2. The number of benzene rings is 7. The Morgan fingerprint density at radius 3 is 1.61 bits per heavy atom. The van der Waals surface area contributed by atoms with E-state index < -0.39 is 0 Å². The molecule has 3 aromatic heterocycles. The van der Waals surface area contributed by atoms with E-state index in [0.717, 1.165) is 0 Å². The van der Waals surface area contributed by atoms with Gasteiger partial charge in [-0.1, -0.05) is 140 Å². The molecule has 0 spiro atoms. The zero-order valence-corrected chi connectivity index (χ0v) is 24.6. The van der Waals surface area contributed by atoms with Gasteiger partial charge in [0, 0.05) is 41.7 Å². The standard InChI is InChI=1S/C42H25NS/c1-2-9-26(10-3-1)27-19-21-28(22-20-27)30-12-6-16-36-37-17-7-13-31(42(37)44-41(30)36)29-23-24-33-35-15-8-14-34-32-11-4-5-18-38(32)43(40(34)35)39(33)25-29/h1-25H. The first kappa shape index (κ1) is 24.0. The molecule has 0 atom stereocenters. The van der Waals surface area contributed by atoms with Gasteiger partial charge in [0.1, 0.15) is 0 Å². The fourth-order valence-electron chi connectivity index (χ4n) is 7.35. The fraction of sp³-hybridized carbons (Fsp3) is 0. The zero-order valence-electron chi connectivity index (χ0n) is 23.8. The third kappa shape index (κ3) is 3.29. The number of aromatic nitrogens is 1. The molecule has 7 aromatic carbocycles. The van der Waals surface area contributed by atoms with Crippen LogP contribution in [-0.2, 0) is 0 Å². The van der Waals surface area contributed by atoms with Crippen molar-refractivity contribution in [3.05, 3.63) is 152 Å². The molecule has 0 aliphatic heterocycles. The molecule has 204 valence electrons. The number of fused-ring (bicyclic) bond motifs is 9. The molecule has 0 aliphatic rings. The third-order valence-corrected chi connectivity index (χ3v) is 10.6. The van der Waals surface area contributed by atoms with Crippen LogP contribution in [-0.4, -0.2) is 4.40 Å². The second-order valence-corrected chi connectivity index (χ2v) is 12.7. The van der Waals surface area contributed by atoms with Crippen molar-refractivity contribution in [2.75, 3.05) is 0 Å². The summed E-state index contributed by atoms with van der Waals surface area (Å²) < 4.78 is 5.16. The largest absolute Gasteiger partial charge is 0.308 e. The van der Waals surface area contributed by atoms with Crippen LogP contribution in [0, 0.1) is 0 Å². The molecule has 1 nitrogen and oxygen atoms in total. The lowest BCUT2D eigenvalue weighted by Gasteiger charge is -2.06. The molecule has 0 amide bonds. The maximum atomic E-state index is 2.47. The van der Waals surface area contributed by atoms with Crippen molar-refractivity contribution in [2.45, 2.75) is 0 Å². The van der Waals surface area contributed by atoms with E-state index in [0.29, 0.717) is 0 Å². The summed E-state index contributed by atoms with van der Waals surface area (Å²) in [5.41, 5.74) is 11.4. The van der Waals surface area contributed by atoms with Crippen LogP contribution in [0.5, 0.6) is 0 Å². The molecule has 0 saturated carbocycles. The van der Waals surface area contributed by atoms with Gasteiger partial charge < -0.3 is 4.40 Å². The van der Waals surface area contributed by atoms with E-state index in [4.69, 9.17) is 0 Å². The molecule has 0 saturated heterocycles. The van der Waals surface area contributed by atoms with Crippen molar-refractivity contribution in [1.82, 2.24) is 4.40 Å². The van der Waals surface area contributed by atoms with E-state index in [1.165, 1.54) is 91.6 Å². The molecular weight excluding hydrogens is 551 g/mol. The molecule has 0 aliphatic carbocycles. The molecular formula is C42H25NS. The lowest BCUT2D eigenvalue weighted by atomic mass is 9.98. The summed E-state index contributed by atoms with van der Waals surface area (Å²) in [6.07, 6.45) is 0. The summed E-state index contributed by atoms with van der Waals surface area (Å²) in [7, 11) is 0. The lowest BCUT2D eigenvalue weighted by molar-refractivity contribution is 1.37. The van der Waals surface area contributed by atoms with E-state index in [2.05, 4.69) is 156 Å². The van der Waals surface area contributed by atoms with Crippen molar-refractivity contribution in [3.63, 3.8) is 0 Å². The van der Waals surface area contributed by atoms with Gasteiger partial charge in [0.2, 0.25) is 0 Å². The summed E-state index contributed by atoms with van der Waals surface area (Å²) in [5.74, 6) is 0. The topological polar surface area (TPSA) is 4.41 Å². The number of hydrogen-bond acceptors (Lipinski definition) is 1. The first-order valence-corrected chi connectivity index (χ1v) is 15.9. The Kier molecular flexibility index (Phi) is 4.94. The highest BCUT2D eigenvalue weighted by Crippen LogP contribution is 2.45. The summed E-state index contributed by atoms with van der Waals surface area (Å²) in [6.45, 7) is 0. The molecule has 3 heterocycles. The lowest BCUT2D eigenvalue weighted by Crippen LogP contribution is -1.83. The predicted molar refractivity (Wildman–Crippen MR) is 190 cm³/mol. The summed E-state index contributed by atoms with van der Waals surface area (Å²) in [6, 6.07) is 55.7. The molecule has 10 aromatic rings. The number of thiophene rings is 1. The van der Waals surface area contributed by atoms with Crippen LogP contribution >= 0.6 is 11.3 Å². The van der Waals surface area contributed by atoms with Crippen LogP contribution in [0.1, 0.15) is 0 Å². The van der Waals surface area contributed by atoms with Crippen molar-refractivity contribution in [3.8, 4) is 33.4 Å². The number of hydrogen-bond donors (Lipinski definition) is 0. The van der Waals surface area contributed by atoms with Gasteiger partial charge in [-0.05, 0) is 45.5 Å². The minimum atomic E-state index is 1.24. The highest BCUT2D eigenvalue weighted by Gasteiger charge is 2.19. The smallest absolute Gasteiger partial charge is 0.0620 e. The van der Waals surface area contributed by atoms with E-state index in [9.17, 15) is 0 Å². The minimum Gasteiger partial charge on any atom is -0.308 e. The third-order valence-electron chi connectivity index (χ3n) is 9.36. The van der Waals surface area contributed by atoms with Gasteiger partial charge in [-0.3, -0.25) is 0 Å². The van der Waals surface area contributed by atoms with E-state index in [1.807, 2.05) is 11.3 Å². The van der Waals surface area contributed by atoms with E-state index >= 15 is 0 Å². The van der Waals surface area contributed by atoms with Gasteiger partial charge in [0.05, 0.1) is 16.6 Å². The Labute approximate surface area is 258 Å². The van der Waals surface area contributed by atoms with Crippen molar-refractivity contribution < 1.29 is 0 Å². The molecule has 0 radical (unpaired) electrons. The quantitative estimate of drug-likeness (QED) is 0.197. The summed E-state index contributed by atoms with van der Waals surface area (Å²) in [4.78, 5) is 0. The summed E-state index contributed by atoms with van der Waals surface area (Å²) in [5, 5.41) is 7.92. The van der Waals surface area contributed by atoms with Gasteiger partial charge in [-0.2, -0.15) is 0 Å². The maximum absolute atomic E-state index is 2.47. The number of nitrogens with zero attached hydrogens (tertiary/aromatic N) is 1. The molecule has 0 unspecified atom stereocenters. The number of rotatable bonds is 3. The van der Waals surface area contributed by atoms with Gasteiger partial charge in [-0.15, -0.1) is 11.3 Å². The van der Waals surface area contributed by atoms with Crippen LogP contribution in [0.4, 0.5) is 0 Å². The second-order valence-electron chi connectivity index (χ2n) is 11.7. The Hall–Kier alpha value is -5.44. The molecule has 0 bridgehead atoms. The highest BCUT2D eigenvalue weighted by atomic mass is 32.1. The van der Waals surface area contributed by atoms with Crippen molar-refractivity contribution >= 4 is 69.6 Å². The van der Waals surface area contributed by atoms with Gasteiger partial charge >= 0.3 is 0 Å². The molecule has 0 N–H and O–H groups in total. The van der Waals surface area contributed by atoms with Crippen molar-refractivity contribution in [1.29, 1.82) is 0 Å². The van der Waals surface area contributed by atoms with Crippen LogP contribution in [0.15, 0.2) is 152 Å². The SMILES string of the molecule is c1ccc(-c2ccc(-c3cccc4c3sc3c(-c5ccc6c7cccc8c9ccccc9n(c6c5)c87)cccc34)cc2)cc1. The molecule has 2 heteroatoms. The fourth-order valence-corrected chi connectivity index (χ4v) is 8.72. The normalized spacial score (nSPS) is 12.1. The Balaban J connectivity index is 1.17. The molecule has 10 rings (SSSR count). The van der Waals surface area contributed by atoms with E-state index in [-0.39, 0.29) is 0 Å². The Morgan fingerprint density at radius 1 is 0.341 bits per heavy atom. The van der Waals surface area contributed by atoms with Crippen LogP contribution < -0.4 is 0 Å². The second kappa shape index (κ2) is 9.03. The zero-order chi connectivity index (χ0) is 28.8. The summed E-state index contributed by atoms with van der Waals surface area (Å²) >= 11 is 1.92. The average Bonchev–Trinajstić information content (AvgIpc) is 3.76.